The fourth-order valence-electron chi connectivity index (χ4n) is 16.3. The van der Waals surface area contributed by atoms with E-state index in [0.29, 0.717) is 221 Å². The highest BCUT2D eigenvalue weighted by atomic mass is 16.5. The first kappa shape index (κ1) is 102. The van der Waals surface area contributed by atoms with Gasteiger partial charge in [0.1, 0.15) is 104 Å². The highest BCUT2D eigenvalue weighted by Gasteiger charge is 2.31. The van der Waals surface area contributed by atoms with Gasteiger partial charge in [-0.1, -0.05) is 138 Å². The van der Waals surface area contributed by atoms with Crippen molar-refractivity contribution in [3.05, 3.63) is 153 Å². The Balaban J connectivity index is 0.789. The van der Waals surface area contributed by atoms with Crippen LogP contribution in [0, 0.1) is 93.8 Å². The summed E-state index contributed by atoms with van der Waals surface area (Å²) < 4.78 is 65.3. The van der Waals surface area contributed by atoms with Gasteiger partial charge in [0.05, 0.1) is 121 Å². The van der Waals surface area contributed by atoms with Gasteiger partial charge < -0.3 is 78.8 Å². The molecule has 0 atom stereocenters. The Hall–Kier alpha value is -15.0. The van der Waals surface area contributed by atoms with Gasteiger partial charge in [-0.3, -0.25) is 19.2 Å². The van der Waals surface area contributed by atoms with Crippen LogP contribution < -0.4 is 68.6 Å². The van der Waals surface area contributed by atoms with Crippen molar-refractivity contribution in [3.63, 3.8) is 0 Å². The molecule has 10 heterocycles. The summed E-state index contributed by atoms with van der Waals surface area (Å²) in [6, 6.07) is 25.1. The number of benzene rings is 5. The maximum atomic E-state index is 15.4. The summed E-state index contributed by atoms with van der Waals surface area (Å²) >= 11 is 0. The standard InChI is InChI=1S/C111H126N14O18/c1-51(2)41-134-82-31-76(106(126)122-92-37-88(140-47-57(13)14)72-27-68-84(136-43-53(5)6)33-78(114-98(68)62(22)102(72)118-92)108(128)124-94-39-90(142-49-59(17)18)74-29-70-86(138-45-55(9)10)35-80(110(130)131)116-100(70)64(24)104(74)120-94)112-96-61(21)97-67(26-66(82)96)83(135-42-52(3)4)32-77(113-97)107(127)123-93-38-89(141-48-58(15)16)73-28-69-85(137-44-54(7)8)34-79(115-99(69)63(23)103(73)119-93)109(129)125-95-40-91(143-50-60(19)20)75-30-71-87(139-46-56(11)12)36-81(111(132)133)117-101(71)65(25)105(75)121-95/h26-40,51-60H,41-50H2,1-25H3,(H,130,131)(H,132,133)(H,118,122,126)(H,119,123,127)(H,120,124,128)(H,121,125,129). The monoisotopic (exact) mass is 1940 g/mol. The SMILES string of the molecule is Cc1c2nc(NC(=O)c3cc(OCC(C)C)c4cc5c(OCC(C)C)cc(NC(=O)c6cc(OCC(C)C)c7cc8c(OCC(C)C)cc(C(=O)Nc9cc(OCC(C)C)c%10cc%11c(OCC(C)C)cc(C(=O)Nc%12cc(OCC(C)C)c%13cc%14c(OCC(C)C)cc(C(=O)O)nc%14c(C)c%13n%12)nc%11c(C)c%10n9)nc8c(C)c7n6)nc5c(C)c4n3)cc(OCC(C)C)c2cc2c(OCC(C)C)cc(C(=O)O)nc12. The zero-order valence-corrected chi connectivity index (χ0v) is 85.9. The fraction of sp³-hybridized carbons (Fsp3) is 0.405. The zero-order valence-electron chi connectivity index (χ0n) is 85.9. The van der Waals surface area contributed by atoms with Crippen molar-refractivity contribution < 1.29 is 86.3 Å². The molecule has 10 aromatic heterocycles. The number of aromatic carboxylic acids is 2. The van der Waals surface area contributed by atoms with Crippen molar-refractivity contribution in [3.8, 4) is 57.5 Å². The second-order valence-electron chi connectivity index (χ2n) is 41.0. The number of fused-ring (bicyclic) bond motifs is 10. The minimum absolute atomic E-state index is 0.0274. The van der Waals surface area contributed by atoms with Crippen LogP contribution in [0.15, 0.2) is 91.0 Å². The van der Waals surface area contributed by atoms with E-state index in [1.807, 2.05) is 190 Å². The second-order valence-corrected chi connectivity index (χ2v) is 41.0. The Kier molecular flexibility index (Phi) is 30.7. The van der Waals surface area contributed by atoms with E-state index in [9.17, 15) is 19.8 Å². The van der Waals surface area contributed by atoms with Gasteiger partial charge in [0.25, 0.3) is 23.6 Å². The van der Waals surface area contributed by atoms with E-state index in [2.05, 4.69) is 31.2 Å². The molecule has 0 aliphatic heterocycles. The molecular formula is C111H126N14O18. The molecule has 0 aliphatic carbocycles. The zero-order chi connectivity index (χ0) is 103. The molecular weight excluding hydrogens is 1820 g/mol. The number of carboxylic acid groups (broad SMARTS) is 2. The van der Waals surface area contributed by atoms with Gasteiger partial charge in [-0.15, -0.1) is 0 Å². The summed E-state index contributed by atoms with van der Waals surface area (Å²) in [6.45, 7) is 52.2. The molecule has 4 amide bonds. The van der Waals surface area contributed by atoms with Crippen LogP contribution in [0.4, 0.5) is 23.3 Å². The van der Waals surface area contributed by atoms with Crippen LogP contribution in [0.2, 0.25) is 0 Å². The quantitative estimate of drug-likeness (QED) is 0.0194. The number of amides is 4. The van der Waals surface area contributed by atoms with E-state index in [-0.39, 0.29) is 156 Å². The molecule has 0 bridgehead atoms. The number of rotatable bonds is 40. The van der Waals surface area contributed by atoms with Crippen molar-refractivity contribution in [2.75, 3.05) is 87.3 Å². The molecule has 0 saturated heterocycles. The number of hydrogen-bond donors (Lipinski definition) is 6. The van der Waals surface area contributed by atoms with Crippen LogP contribution in [0.1, 0.15) is 229 Å². The van der Waals surface area contributed by atoms with Crippen molar-refractivity contribution >= 4 is 168 Å². The molecule has 0 spiro atoms. The molecule has 0 fully saturated rings. The number of hydrogen-bond acceptors (Lipinski definition) is 26. The van der Waals surface area contributed by atoms with E-state index in [0.717, 1.165) is 0 Å². The molecule has 143 heavy (non-hydrogen) atoms. The van der Waals surface area contributed by atoms with Gasteiger partial charge >= 0.3 is 11.9 Å². The highest BCUT2D eigenvalue weighted by molar-refractivity contribution is 6.16. The Labute approximate surface area is 829 Å². The summed E-state index contributed by atoms with van der Waals surface area (Å²) in [7, 11) is 0. The van der Waals surface area contributed by atoms with E-state index in [1.54, 1.807) is 62.4 Å². The third-order valence-electron chi connectivity index (χ3n) is 23.3. The number of carboxylic acids is 2. The Bertz CT molecular complexity index is 7150. The average molecular weight is 1940 g/mol. The highest BCUT2D eigenvalue weighted by Crippen LogP contribution is 2.46. The van der Waals surface area contributed by atoms with Gasteiger partial charge in [-0.25, -0.2) is 59.4 Å². The number of nitrogens with one attached hydrogen (secondary N) is 4. The predicted octanol–water partition coefficient (Wildman–Crippen LogP) is 23.5. The van der Waals surface area contributed by atoms with Crippen molar-refractivity contribution in [1.29, 1.82) is 0 Å². The van der Waals surface area contributed by atoms with Crippen LogP contribution >= 0.6 is 0 Å². The van der Waals surface area contributed by atoms with E-state index in [1.165, 1.54) is 12.1 Å². The van der Waals surface area contributed by atoms with Gasteiger partial charge in [-0.2, -0.15) is 0 Å². The summed E-state index contributed by atoms with van der Waals surface area (Å²) in [5.74, 6) is -0.164. The predicted molar refractivity (Wildman–Crippen MR) is 558 cm³/mol. The normalized spacial score (nSPS) is 12.0. The molecule has 32 heteroatoms. The third-order valence-corrected chi connectivity index (χ3v) is 23.3. The van der Waals surface area contributed by atoms with Gasteiger partial charge in [0.15, 0.2) is 11.4 Å². The first-order valence-electron chi connectivity index (χ1n) is 48.9. The summed E-state index contributed by atoms with van der Waals surface area (Å²) in [5, 5.41) is 38.2. The minimum atomic E-state index is -1.23. The van der Waals surface area contributed by atoms with Crippen molar-refractivity contribution in [2.24, 2.45) is 59.2 Å². The number of anilines is 4. The maximum Gasteiger partial charge on any atom is 0.354 e. The molecule has 0 radical (unpaired) electrons. The molecule has 5 aromatic carbocycles. The lowest BCUT2D eigenvalue weighted by atomic mass is 10.0. The maximum absolute atomic E-state index is 15.4. The van der Waals surface area contributed by atoms with Crippen LogP contribution in [0.25, 0.3) is 109 Å². The van der Waals surface area contributed by atoms with Crippen LogP contribution in [0.3, 0.4) is 0 Å². The topological polar surface area (TPSA) is 412 Å². The Morgan fingerprint density at radius 2 is 0.329 bits per heavy atom. The van der Waals surface area contributed by atoms with Crippen molar-refractivity contribution in [2.45, 2.75) is 173 Å². The first-order chi connectivity index (χ1) is 67.9. The van der Waals surface area contributed by atoms with Gasteiger partial charge in [0, 0.05) is 142 Å². The molecule has 748 valence electrons. The average Bonchev–Trinajstić information content (AvgIpc) is 0.757. The van der Waals surface area contributed by atoms with E-state index < -0.39 is 35.6 Å². The lowest BCUT2D eigenvalue weighted by Crippen LogP contribution is -2.17. The van der Waals surface area contributed by atoms with E-state index >= 15 is 19.2 Å². The summed E-state index contributed by atoms with van der Waals surface area (Å²) in [5.41, 5.74) is 5.72. The number of nitrogens with zero attached hydrogens (tertiary/aromatic N) is 10. The lowest BCUT2D eigenvalue weighted by molar-refractivity contribution is 0.0680. The summed E-state index contributed by atoms with van der Waals surface area (Å²) in [6.07, 6.45) is 0. The van der Waals surface area contributed by atoms with Gasteiger partial charge in [0.2, 0.25) is 0 Å². The Morgan fingerprint density at radius 3 is 0.469 bits per heavy atom. The Morgan fingerprint density at radius 1 is 0.203 bits per heavy atom. The number of pyridine rings is 10. The number of aryl methyl sites for hydroxylation is 5. The number of ether oxygens (including phenoxy) is 10. The molecule has 15 rings (SSSR count). The molecule has 0 saturated carbocycles. The third kappa shape index (κ3) is 22.8. The van der Waals surface area contributed by atoms with Crippen LogP contribution in [-0.2, 0) is 0 Å². The fourth-order valence-corrected chi connectivity index (χ4v) is 16.3. The lowest BCUT2D eigenvalue weighted by Gasteiger charge is -2.19. The van der Waals surface area contributed by atoms with Crippen LogP contribution in [-0.4, -0.2) is 162 Å². The summed E-state index contributed by atoms with van der Waals surface area (Å²) in [4.78, 5) is 136. The van der Waals surface area contributed by atoms with E-state index in [4.69, 9.17) is 87.2 Å². The number of aromatic nitrogens is 10. The first-order valence-corrected chi connectivity index (χ1v) is 48.9. The number of carbonyl (C=O) groups is 6. The molecule has 0 aliphatic rings. The second kappa shape index (κ2) is 42.8. The molecule has 32 nitrogen and oxygen atoms in total. The number of carbonyl (C=O) groups excluding carboxylic acids is 4. The largest absolute Gasteiger partial charge is 0.493 e. The smallest absolute Gasteiger partial charge is 0.354 e. The van der Waals surface area contributed by atoms with Crippen molar-refractivity contribution in [1.82, 2.24) is 49.8 Å². The van der Waals surface area contributed by atoms with Gasteiger partial charge in [-0.05, 0) is 124 Å². The van der Waals surface area contributed by atoms with Crippen LogP contribution in [0.5, 0.6) is 57.5 Å². The minimum Gasteiger partial charge on any atom is -0.493 e. The molecule has 6 N–H and O–H groups in total. The molecule has 15 aromatic rings. The molecule has 0 unspecified atom stereocenters.